The second kappa shape index (κ2) is 9.14. The Hall–Kier alpha value is -3.19. The summed E-state index contributed by atoms with van der Waals surface area (Å²) in [5.74, 6) is -1.03. The lowest BCUT2D eigenvalue weighted by Crippen LogP contribution is -2.44. The lowest BCUT2D eigenvalue weighted by Gasteiger charge is -2.31. The number of primary amides is 1. The van der Waals surface area contributed by atoms with E-state index in [2.05, 4.69) is 10.6 Å². The molecule has 0 unspecified atom stereocenters. The van der Waals surface area contributed by atoms with E-state index in [1.54, 1.807) is 24.3 Å². The van der Waals surface area contributed by atoms with Crippen LogP contribution >= 0.6 is 0 Å². The first-order valence-electron chi connectivity index (χ1n) is 9.30. The molecule has 0 spiro atoms. The molecule has 1 saturated heterocycles. The van der Waals surface area contributed by atoms with Crippen LogP contribution in [0.4, 0.5) is 11.4 Å². The fraction of sp³-hybridized carbons (Fsp3) is 0.286. The van der Waals surface area contributed by atoms with Gasteiger partial charge in [-0.05, 0) is 43.7 Å². The Kier molecular flexibility index (Phi) is 6.39. The SMILES string of the molecule is NC(=O)c1ccccc1NC(=O)CN1CCC[C@H](C(=O)Nc2ccccc2)C1. The highest BCUT2D eigenvalue weighted by Crippen LogP contribution is 2.19. The summed E-state index contributed by atoms with van der Waals surface area (Å²) in [6.07, 6.45) is 1.64. The van der Waals surface area contributed by atoms with E-state index in [-0.39, 0.29) is 29.8 Å². The fourth-order valence-corrected chi connectivity index (χ4v) is 3.38. The molecule has 1 heterocycles. The Morgan fingerprint density at radius 3 is 2.46 bits per heavy atom. The number of hydrogen-bond acceptors (Lipinski definition) is 4. The molecule has 1 aliphatic rings. The molecule has 2 aromatic carbocycles. The van der Waals surface area contributed by atoms with Crippen molar-refractivity contribution in [2.45, 2.75) is 12.8 Å². The molecular formula is C21H24N4O3. The third-order valence-corrected chi connectivity index (χ3v) is 4.75. The van der Waals surface area contributed by atoms with Crippen LogP contribution in [0.2, 0.25) is 0 Å². The molecule has 0 saturated carbocycles. The number of likely N-dealkylation sites (tertiary alicyclic amines) is 1. The van der Waals surface area contributed by atoms with E-state index in [0.717, 1.165) is 25.1 Å². The molecule has 7 nitrogen and oxygen atoms in total. The molecule has 1 atom stereocenters. The van der Waals surface area contributed by atoms with Crippen molar-refractivity contribution in [1.82, 2.24) is 4.90 Å². The van der Waals surface area contributed by atoms with Crippen molar-refractivity contribution >= 4 is 29.1 Å². The van der Waals surface area contributed by atoms with Crippen molar-refractivity contribution in [2.24, 2.45) is 11.7 Å². The van der Waals surface area contributed by atoms with Crippen molar-refractivity contribution in [3.05, 3.63) is 60.2 Å². The normalized spacial score (nSPS) is 16.9. The van der Waals surface area contributed by atoms with E-state index in [9.17, 15) is 14.4 Å². The van der Waals surface area contributed by atoms with Gasteiger partial charge >= 0.3 is 0 Å². The van der Waals surface area contributed by atoms with Gasteiger partial charge in [-0.3, -0.25) is 19.3 Å². The molecule has 4 N–H and O–H groups in total. The average Bonchev–Trinajstić information content (AvgIpc) is 2.69. The minimum atomic E-state index is -0.591. The van der Waals surface area contributed by atoms with Crippen molar-refractivity contribution < 1.29 is 14.4 Å². The number of hydrogen-bond donors (Lipinski definition) is 3. The Bertz CT molecular complexity index is 854. The zero-order chi connectivity index (χ0) is 19.9. The van der Waals surface area contributed by atoms with Gasteiger partial charge in [0.15, 0.2) is 0 Å². The summed E-state index contributed by atoms with van der Waals surface area (Å²) < 4.78 is 0. The van der Waals surface area contributed by atoms with E-state index >= 15 is 0 Å². The highest BCUT2D eigenvalue weighted by Gasteiger charge is 2.27. The summed E-state index contributed by atoms with van der Waals surface area (Å²) in [5, 5.41) is 5.67. The van der Waals surface area contributed by atoms with Gasteiger partial charge < -0.3 is 16.4 Å². The smallest absolute Gasteiger partial charge is 0.250 e. The van der Waals surface area contributed by atoms with Crippen LogP contribution in [-0.4, -0.2) is 42.3 Å². The summed E-state index contributed by atoms with van der Waals surface area (Å²) >= 11 is 0. The van der Waals surface area contributed by atoms with Gasteiger partial charge in [0, 0.05) is 12.2 Å². The number of nitrogens with zero attached hydrogens (tertiary/aromatic N) is 1. The van der Waals surface area contributed by atoms with Crippen molar-refractivity contribution in [3.8, 4) is 0 Å². The topological polar surface area (TPSA) is 105 Å². The molecule has 1 fully saturated rings. The maximum atomic E-state index is 12.5. The summed E-state index contributed by atoms with van der Waals surface area (Å²) in [5.41, 5.74) is 6.78. The Morgan fingerprint density at radius 1 is 1.00 bits per heavy atom. The quantitative estimate of drug-likeness (QED) is 0.713. The van der Waals surface area contributed by atoms with E-state index in [0.29, 0.717) is 12.2 Å². The van der Waals surface area contributed by atoms with Crippen LogP contribution in [0, 0.1) is 5.92 Å². The van der Waals surface area contributed by atoms with Crippen molar-refractivity contribution in [2.75, 3.05) is 30.3 Å². The maximum absolute atomic E-state index is 12.5. The average molecular weight is 380 g/mol. The van der Waals surface area contributed by atoms with Gasteiger partial charge in [-0.2, -0.15) is 0 Å². The van der Waals surface area contributed by atoms with E-state index < -0.39 is 5.91 Å². The van der Waals surface area contributed by atoms with E-state index in [4.69, 9.17) is 5.73 Å². The zero-order valence-corrected chi connectivity index (χ0v) is 15.6. The second-order valence-electron chi connectivity index (χ2n) is 6.89. The predicted octanol–water partition coefficient (Wildman–Crippen LogP) is 2.07. The Morgan fingerprint density at radius 2 is 1.71 bits per heavy atom. The number of benzene rings is 2. The van der Waals surface area contributed by atoms with Crippen LogP contribution in [-0.2, 0) is 9.59 Å². The van der Waals surface area contributed by atoms with Crippen LogP contribution in [0.25, 0.3) is 0 Å². The molecule has 0 radical (unpaired) electrons. The molecule has 0 aliphatic carbocycles. The Balaban J connectivity index is 1.55. The molecular weight excluding hydrogens is 356 g/mol. The van der Waals surface area contributed by atoms with Crippen LogP contribution in [0.1, 0.15) is 23.2 Å². The number of nitrogens with two attached hydrogens (primary N) is 1. The van der Waals surface area contributed by atoms with Gasteiger partial charge in [0.05, 0.1) is 23.7 Å². The number of para-hydroxylation sites is 2. The highest BCUT2D eigenvalue weighted by atomic mass is 16.2. The molecule has 2 aromatic rings. The van der Waals surface area contributed by atoms with Crippen LogP contribution in [0.3, 0.4) is 0 Å². The lowest BCUT2D eigenvalue weighted by atomic mass is 9.97. The monoisotopic (exact) mass is 380 g/mol. The first-order chi connectivity index (χ1) is 13.5. The third kappa shape index (κ3) is 5.17. The summed E-state index contributed by atoms with van der Waals surface area (Å²) in [7, 11) is 0. The molecule has 3 rings (SSSR count). The number of amides is 3. The number of anilines is 2. The van der Waals surface area contributed by atoms with Gasteiger partial charge in [-0.15, -0.1) is 0 Å². The third-order valence-electron chi connectivity index (χ3n) is 4.75. The first-order valence-corrected chi connectivity index (χ1v) is 9.30. The molecule has 3 amide bonds. The first kappa shape index (κ1) is 19.6. The van der Waals surface area contributed by atoms with E-state index in [1.807, 2.05) is 35.2 Å². The van der Waals surface area contributed by atoms with Gasteiger partial charge in [0.2, 0.25) is 11.8 Å². The van der Waals surface area contributed by atoms with Crippen LogP contribution < -0.4 is 16.4 Å². The predicted molar refractivity (Wildman–Crippen MR) is 108 cm³/mol. The minimum Gasteiger partial charge on any atom is -0.366 e. The molecule has 1 aliphatic heterocycles. The van der Waals surface area contributed by atoms with E-state index in [1.165, 1.54) is 0 Å². The number of piperidine rings is 1. The highest BCUT2D eigenvalue weighted by molar-refractivity contribution is 6.03. The van der Waals surface area contributed by atoms with Crippen molar-refractivity contribution in [1.29, 1.82) is 0 Å². The molecule has 0 aromatic heterocycles. The molecule has 0 bridgehead atoms. The molecule has 7 heteroatoms. The minimum absolute atomic E-state index is 0.0321. The van der Waals surface area contributed by atoms with Gasteiger partial charge in [-0.1, -0.05) is 30.3 Å². The zero-order valence-electron chi connectivity index (χ0n) is 15.6. The Labute approximate surface area is 163 Å². The standard InChI is InChI=1S/C21H24N4O3/c22-20(27)17-10-4-5-11-18(17)24-19(26)14-25-12-6-7-15(13-25)21(28)23-16-8-2-1-3-9-16/h1-5,8-11,15H,6-7,12-14H2,(H2,22,27)(H,23,28)(H,24,26)/t15-/m0/s1. The number of carbonyl (C=O) groups is 3. The van der Waals surface area contributed by atoms with Crippen LogP contribution in [0.5, 0.6) is 0 Å². The number of carbonyl (C=O) groups excluding carboxylic acids is 3. The molecule has 146 valence electrons. The summed E-state index contributed by atoms with van der Waals surface area (Å²) in [6.45, 7) is 1.42. The van der Waals surface area contributed by atoms with Gasteiger partial charge in [0.25, 0.3) is 5.91 Å². The number of rotatable bonds is 6. The largest absolute Gasteiger partial charge is 0.366 e. The van der Waals surface area contributed by atoms with Gasteiger partial charge in [0.1, 0.15) is 0 Å². The fourth-order valence-electron chi connectivity index (χ4n) is 3.38. The van der Waals surface area contributed by atoms with Crippen molar-refractivity contribution in [3.63, 3.8) is 0 Å². The number of nitrogens with one attached hydrogen (secondary N) is 2. The maximum Gasteiger partial charge on any atom is 0.250 e. The summed E-state index contributed by atoms with van der Waals surface area (Å²) in [4.78, 5) is 38.4. The van der Waals surface area contributed by atoms with Gasteiger partial charge in [-0.25, -0.2) is 0 Å². The van der Waals surface area contributed by atoms with Crippen LogP contribution in [0.15, 0.2) is 54.6 Å². The summed E-state index contributed by atoms with van der Waals surface area (Å²) in [6, 6.07) is 16.0. The second-order valence-corrected chi connectivity index (χ2v) is 6.89. The molecule has 28 heavy (non-hydrogen) atoms. The lowest BCUT2D eigenvalue weighted by molar-refractivity contribution is -0.123.